The van der Waals surface area contributed by atoms with E-state index in [2.05, 4.69) is 4.98 Å². The van der Waals surface area contributed by atoms with E-state index in [1.165, 1.54) is 13.3 Å². The van der Waals surface area contributed by atoms with E-state index in [9.17, 15) is 15.0 Å². The number of aromatic nitrogens is 1. The Kier molecular flexibility index (Phi) is 6.94. The van der Waals surface area contributed by atoms with Gasteiger partial charge in [0, 0.05) is 22.9 Å². The smallest absolute Gasteiger partial charge is 0.239 e. The lowest BCUT2D eigenvalue weighted by Crippen LogP contribution is -2.10. The van der Waals surface area contributed by atoms with Gasteiger partial charge in [-0.25, -0.2) is 4.98 Å². The molecule has 6 nitrogen and oxygen atoms in total. The fourth-order valence-corrected chi connectivity index (χ4v) is 3.59. The minimum atomic E-state index is -0.536. The van der Waals surface area contributed by atoms with Crippen LogP contribution in [-0.4, -0.2) is 22.3 Å². The van der Waals surface area contributed by atoms with Gasteiger partial charge in [-0.15, -0.1) is 0 Å². The number of fused-ring (bicyclic) bond motifs is 1. The second-order valence-electron chi connectivity index (χ2n) is 7.99. The summed E-state index contributed by atoms with van der Waals surface area (Å²) in [6.45, 7) is 7.71. The lowest BCUT2D eigenvalue weighted by atomic mass is 9.96. The average Bonchev–Trinajstić information content (AvgIpc) is 2.72. The fourth-order valence-electron chi connectivity index (χ4n) is 3.41. The highest BCUT2D eigenvalue weighted by Crippen LogP contribution is 2.42. The number of pyridine rings is 1. The van der Waals surface area contributed by atoms with Gasteiger partial charge in [0.25, 0.3) is 0 Å². The van der Waals surface area contributed by atoms with Crippen LogP contribution in [0.5, 0.6) is 17.2 Å². The minimum Gasteiger partial charge on any atom is -0.507 e. The predicted octanol–water partition coefficient (Wildman–Crippen LogP) is 5.95. The molecule has 0 radical (unpaired) electrons. The molecule has 32 heavy (non-hydrogen) atoms. The molecule has 0 aliphatic carbocycles. The van der Waals surface area contributed by atoms with E-state index in [1.807, 2.05) is 39.8 Å². The molecule has 7 heteroatoms. The highest BCUT2D eigenvalue weighted by molar-refractivity contribution is 6.29. The van der Waals surface area contributed by atoms with Crippen LogP contribution in [0.1, 0.15) is 38.8 Å². The zero-order valence-electron chi connectivity index (χ0n) is 18.7. The number of ether oxygens (including phenoxy) is 1. The Morgan fingerprint density at radius 3 is 2.28 bits per heavy atom. The van der Waals surface area contributed by atoms with E-state index < -0.39 is 5.43 Å². The monoisotopic (exact) mass is 455 g/mol. The van der Waals surface area contributed by atoms with Gasteiger partial charge < -0.3 is 19.4 Å². The van der Waals surface area contributed by atoms with Crippen molar-refractivity contribution in [2.24, 2.45) is 0 Å². The lowest BCUT2D eigenvalue weighted by Gasteiger charge is -2.16. The van der Waals surface area contributed by atoms with Crippen LogP contribution in [0.3, 0.4) is 0 Å². The summed E-state index contributed by atoms with van der Waals surface area (Å²) < 4.78 is 11.5. The van der Waals surface area contributed by atoms with Crippen LogP contribution < -0.4 is 10.2 Å². The van der Waals surface area contributed by atoms with E-state index in [4.69, 9.17) is 20.8 Å². The van der Waals surface area contributed by atoms with Gasteiger partial charge in [-0.1, -0.05) is 34.9 Å². The highest BCUT2D eigenvalue weighted by atomic mass is 35.5. The molecule has 0 unspecified atom stereocenters. The number of phenolic OH excluding ortho intramolecular Hbond substituents is 2. The summed E-state index contributed by atoms with van der Waals surface area (Å²) in [4.78, 5) is 17.4. The number of rotatable bonds is 6. The van der Waals surface area contributed by atoms with E-state index in [1.54, 1.807) is 12.1 Å². The van der Waals surface area contributed by atoms with Crippen molar-refractivity contribution in [2.75, 3.05) is 7.11 Å². The van der Waals surface area contributed by atoms with Crippen LogP contribution in [0.2, 0.25) is 5.15 Å². The van der Waals surface area contributed by atoms with Gasteiger partial charge in [0.15, 0.2) is 5.76 Å². The van der Waals surface area contributed by atoms with E-state index >= 15 is 0 Å². The second-order valence-corrected chi connectivity index (χ2v) is 8.38. The molecular formula is C25H26ClNO5. The third-order valence-corrected chi connectivity index (χ3v) is 5.27. The Labute approximate surface area is 191 Å². The van der Waals surface area contributed by atoms with Crippen molar-refractivity contribution in [3.05, 3.63) is 68.1 Å². The topological polar surface area (TPSA) is 92.8 Å². The van der Waals surface area contributed by atoms with Gasteiger partial charge in [0.1, 0.15) is 27.6 Å². The SMILES string of the molecule is COc1c(-c2ccnc(Cl)c2)oc2c(CC=C(C)C)c(O)c(CC=C(C)C)c(O)c2c1=O. The van der Waals surface area contributed by atoms with Crippen LogP contribution in [0, 0.1) is 0 Å². The number of methoxy groups -OCH3 is 1. The van der Waals surface area contributed by atoms with Crippen molar-refractivity contribution in [3.63, 3.8) is 0 Å². The first-order chi connectivity index (χ1) is 15.1. The number of nitrogens with zero attached hydrogens (tertiary/aromatic N) is 1. The summed E-state index contributed by atoms with van der Waals surface area (Å²) in [7, 11) is 1.36. The summed E-state index contributed by atoms with van der Waals surface area (Å²) in [5.41, 5.74) is 2.79. The molecule has 2 aromatic heterocycles. The van der Waals surface area contributed by atoms with Crippen molar-refractivity contribution in [2.45, 2.75) is 40.5 Å². The number of allylic oxidation sites excluding steroid dienone is 4. The molecule has 0 saturated carbocycles. The summed E-state index contributed by atoms with van der Waals surface area (Å²) in [5.74, 6) is -0.343. The van der Waals surface area contributed by atoms with E-state index in [-0.39, 0.29) is 51.1 Å². The molecule has 3 rings (SSSR count). The predicted molar refractivity (Wildman–Crippen MR) is 127 cm³/mol. The molecule has 0 spiro atoms. The molecule has 0 aliphatic rings. The number of aromatic hydroxyl groups is 2. The molecule has 1 aromatic carbocycles. The first kappa shape index (κ1) is 23.4. The van der Waals surface area contributed by atoms with Gasteiger partial charge in [0.05, 0.1) is 7.11 Å². The van der Waals surface area contributed by atoms with Crippen molar-refractivity contribution >= 4 is 22.6 Å². The molecule has 0 fully saturated rings. The average molecular weight is 456 g/mol. The fraction of sp³-hybridized carbons (Fsp3) is 0.280. The molecule has 0 aliphatic heterocycles. The van der Waals surface area contributed by atoms with E-state index in [0.717, 1.165) is 11.1 Å². The van der Waals surface area contributed by atoms with Crippen LogP contribution in [0.4, 0.5) is 0 Å². The molecule has 2 N–H and O–H groups in total. The van der Waals surface area contributed by atoms with Crippen LogP contribution in [0.15, 0.2) is 50.8 Å². The Bertz CT molecular complexity index is 1300. The number of phenols is 2. The first-order valence-corrected chi connectivity index (χ1v) is 10.5. The third kappa shape index (κ3) is 4.50. The molecular weight excluding hydrogens is 430 g/mol. The first-order valence-electron chi connectivity index (χ1n) is 10.1. The van der Waals surface area contributed by atoms with Crippen molar-refractivity contribution < 1.29 is 19.4 Å². The van der Waals surface area contributed by atoms with Gasteiger partial charge in [0.2, 0.25) is 11.2 Å². The van der Waals surface area contributed by atoms with Crippen LogP contribution in [-0.2, 0) is 12.8 Å². The zero-order chi connectivity index (χ0) is 23.6. The summed E-state index contributed by atoms with van der Waals surface area (Å²) in [6, 6.07) is 3.18. The Hall–Kier alpha value is -3.25. The number of hydrogen-bond donors (Lipinski definition) is 2. The maximum Gasteiger partial charge on any atom is 0.239 e. The molecule has 0 atom stereocenters. The Balaban J connectivity index is 2.47. The zero-order valence-corrected chi connectivity index (χ0v) is 19.5. The molecule has 3 aromatic rings. The molecule has 0 bridgehead atoms. The van der Waals surface area contributed by atoms with E-state index in [0.29, 0.717) is 17.5 Å². The lowest BCUT2D eigenvalue weighted by molar-refractivity contribution is 0.396. The van der Waals surface area contributed by atoms with Crippen LogP contribution in [0.25, 0.3) is 22.3 Å². The number of halogens is 1. The number of benzene rings is 1. The van der Waals surface area contributed by atoms with Gasteiger partial charge in [-0.2, -0.15) is 0 Å². The molecule has 0 amide bonds. The standard InChI is InChI=1S/C25H26ClNO5/c1-13(2)6-8-16-20(28)17(9-7-14(3)4)24-19(21(16)29)22(30)25(31-5)23(32-24)15-10-11-27-18(26)12-15/h6-7,10-12,28-29H,8-9H2,1-5H3. The van der Waals surface area contributed by atoms with Crippen molar-refractivity contribution in [3.8, 4) is 28.6 Å². The van der Waals surface area contributed by atoms with Gasteiger partial charge in [-0.3, -0.25) is 4.79 Å². The largest absolute Gasteiger partial charge is 0.507 e. The third-order valence-electron chi connectivity index (χ3n) is 5.06. The summed E-state index contributed by atoms with van der Waals surface area (Å²) in [5, 5.41) is 22.3. The van der Waals surface area contributed by atoms with Crippen molar-refractivity contribution in [1.29, 1.82) is 0 Å². The maximum atomic E-state index is 13.4. The molecule has 168 valence electrons. The van der Waals surface area contributed by atoms with Gasteiger partial charge in [-0.05, 0) is 52.7 Å². The highest BCUT2D eigenvalue weighted by Gasteiger charge is 2.26. The van der Waals surface area contributed by atoms with Gasteiger partial charge >= 0.3 is 0 Å². The Morgan fingerprint density at radius 2 is 1.72 bits per heavy atom. The summed E-state index contributed by atoms with van der Waals surface area (Å²) in [6.07, 6.45) is 5.86. The minimum absolute atomic E-state index is 0.0298. The second kappa shape index (κ2) is 9.49. The normalized spacial score (nSPS) is 10.8. The maximum absolute atomic E-state index is 13.4. The van der Waals surface area contributed by atoms with Crippen molar-refractivity contribution in [1.82, 2.24) is 4.98 Å². The molecule has 0 saturated heterocycles. The Morgan fingerprint density at radius 1 is 1.09 bits per heavy atom. The quantitative estimate of drug-likeness (QED) is 0.352. The molecule has 2 heterocycles. The number of hydrogen-bond acceptors (Lipinski definition) is 6. The summed E-state index contributed by atoms with van der Waals surface area (Å²) >= 11 is 6.03. The van der Waals surface area contributed by atoms with Crippen LogP contribution >= 0.6 is 11.6 Å².